The normalized spacial score (nSPS) is 12.2. The summed E-state index contributed by atoms with van der Waals surface area (Å²) in [5.74, 6) is -0.896. The molecule has 0 spiro atoms. The molecule has 2 N–H and O–H groups in total. The topological polar surface area (TPSA) is 49.3 Å². The standard InChI is InChI=1S/C9H17NO2/c1-9(2,3)7-10-6-4-5-8(11)12/h4-5,10H,6-7H2,1-3H3,(H,11,12)/b5-4+. The van der Waals surface area contributed by atoms with Crippen LogP contribution < -0.4 is 5.32 Å². The predicted octanol–water partition coefficient (Wildman–Crippen LogP) is 1.26. The molecule has 0 radical (unpaired) electrons. The molecule has 0 heterocycles. The molecule has 3 nitrogen and oxygen atoms in total. The van der Waals surface area contributed by atoms with E-state index in [2.05, 4.69) is 26.1 Å². The van der Waals surface area contributed by atoms with Crippen LogP contribution in [0.4, 0.5) is 0 Å². The molecule has 0 aliphatic heterocycles. The second kappa shape index (κ2) is 4.93. The van der Waals surface area contributed by atoms with Crippen LogP contribution in [0.2, 0.25) is 0 Å². The van der Waals surface area contributed by atoms with Crippen LogP contribution in [0.5, 0.6) is 0 Å². The first-order valence-electron chi connectivity index (χ1n) is 4.02. The minimum atomic E-state index is -0.896. The number of carboxylic acids is 1. The fourth-order valence-electron chi connectivity index (χ4n) is 0.690. The lowest BCUT2D eigenvalue weighted by molar-refractivity contribution is -0.131. The highest BCUT2D eigenvalue weighted by molar-refractivity contribution is 5.79. The van der Waals surface area contributed by atoms with Gasteiger partial charge in [0.25, 0.3) is 0 Å². The van der Waals surface area contributed by atoms with Gasteiger partial charge in [-0.25, -0.2) is 4.79 Å². The Labute approximate surface area is 73.5 Å². The zero-order chi connectivity index (χ0) is 9.61. The van der Waals surface area contributed by atoms with Gasteiger partial charge in [-0.2, -0.15) is 0 Å². The molecule has 0 atom stereocenters. The van der Waals surface area contributed by atoms with Gasteiger partial charge in [0, 0.05) is 19.2 Å². The molecule has 12 heavy (non-hydrogen) atoms. The Morgan fingerprint density at radius 2 is 2.08 bits per heavy atom. The van der Waals surface area contributed by atoms with E-state index in [1.807, 2.05) is 0 Å². The van der Waals surface area contributed by atoms with Crippen LogP contribution in [0, 0.1) is 5.41 Å². The maximum atomic E-state index is 10.0. The Balaban J connectivity index is 3.40. The highest BCUT2D eigenvalue weighted by Crippen LogP contribution is 2.09. The number of nitrogens with one attached hydrogen (secondary N) is 1. The van der Waals surface area contributed by atoms with Gasteiger partial charge in [0.05, 0.1) is 0 Å². The fourth-order valence-corrected chi connectivity index (χ4v) is 0.690. The fraction of sp³-hybridized carbons (Fsp3) is 0.667. The second-order valence-corrected chi connectivity index (χ2v) is 3.93. The largest absolute Gasteiger partial charge is 0.478 e. The molecule has 3 heteroatoms. The molecule has 0 fully saturated rings. The summed E-state index contributed by atoms with van der Waals surface area (Å²) in [6.07, 6.45) is 2.75. The van der Waals surface area contributed by atoms with E-state index in [-0.39, 0.29) is 5.41 Å². The van der Waals surface area contributed by atoms with Gasteiger partial charge in [0.15, 0.2) is 0 Å². The molecular formula is C9H17NO2. The highest BCUT2D eigenvalue weighted by Gasteiger charge is 2.07. The first-order chi connectivity index (χ1) is 5.42. The molecule has 0 saturated carbocycles. The third kappa shape index (κ3) is 9.17. The van der Waals surface area contributed by atoms with Gasteiger partial charge >= 0.3 is 5.97 Å². The minimum Gasteiger partial charge on any atom is -0.478 e. The summed E-state index contributed by atoms with van der Waals surface area (Å²) < 4.78 is 0. The summed E-state index contributed by atoms with van der Waals surface area (Å²) in [6.45, 7) is 7.88. The zero-order valence-corrected chi connectivity index (χ0v) is 7.92. The molecule has 0 aromatic rings. The maximum Gasteiger partial charge on any atom is 0.328 e. The van der Waals surface area contributed by atoms with E-state index in [9.17, 15) is 4.79 Å². The maximum absolute atomic E-state index is 10.0. The van der Waals surface area contributed by atoms with Crippen LogP contribution in [0.3, 0.4) is 0 Å². The second-order valence-electron chi connectivity index (χ2n) is 3.93. The van der Waals surface area contributed by atoms with Gasteiger partial charge in [-0.1, -0.05) is 26.8 Å². The highest BCUT2D eigenvalue weighted by atomic mass is 16.4. The van der Waals surface area contributed by atoms with Crippen molar-refractivity contribution in [3.8, 4) is 0 Å². The van der Waals surface area contributed by atoms with Gasteiger partial charge in [-0.15, -0.1) is 0 Å². The lowest BCUT2D eigenvalue weighted by atomic mass is 9.97. The average Bonchev–Trinajstić information content (AvgIpc) is 1.83. The first-order valence-corrected chi connectivity index (χ1v) is 4.02. The molecule has 0 bridgehead atoms. The van der Waals surface area contributed by atoms with Gasteiger partial charge < -0.3 is 10.4 Å². The molecule has 0 aromatic heterocycles. The van der Waals surface area contributed by atoms with Crippen molar-refractivity contribution in [2.45, 2.75) is 20.8 Å². The Hall–Kier alpha value is -0.830. The van der Waals surface area contributed by atoms with E-state index in [0.29, 0.717) is 6.54 Å². The summed E-state index contributed by atoms with van der Waals surface area (Å²) >= 11 is 0. The van der Waals surface area contributed by atoms with E-state index < -0.39 is 5.97 Å². The van der Waals surface area contributed by atoms with Crippen LogP contribution in [0.15, 0.2) is 12.2 Å². The summed E-state index contributed by atoms with van der Waals surface area (Å²) in [4.78, 5) is 10.0. The number of carboxylic acid groups (broad SMARTS) is 1. The van der Waals surface area contributed by atoms with Crippen molar-refractivity contribution in [1.29, 1.82) is 0 Å². The summed E-state index contributed by atoms with van der Waals surface area (Å²) in [6, 6.07) is 0. The first kappa shape index (κ1) is 11.2. The molecule has 0 unspecified atom stereocenters. The average molecular weight is 171 g/mol. The monoisotopic (exact) mass is 171 g/mol. The number of rotatable bonds is 4. The van der Waals surface area contributed by atoms with Crippen LogP contribution >= 0.6 is 0 Å². The SMILES string of the molecule is CC(C)(C)CNC/C=C/C(=O)O. The molecule has 0 aliphatic carbocycles. The molecule has 0 amide bonds. The van der Waals surface area contributed by atoms with Crippen molar-refractivity contribution in [3.05, 3.63) is 12.2 Å². The van der Waals surface area contributed by atoms with Crippen molar-refractivity contribution in [2.75, 3.05) is 13.1 Å². The number of hydrogen-bond donors (Lipinski definition) is 2. The third-order valence-corrected chi connectivity index (χ3v) is 1.18. The molecule has 0 aliphatic rings. The summed E-state index contributed by atoms with van der Waals surface area (Å²) in [5, 5.41) is 11.4. The van der Waals surface area contributed by atoms with E-state index in [1.165, 1.54) is 0 Å². The van der Waals surface area contributed by atoms with Crippen molar-refractivity contribution >= 4 is 5.97 Å². The van der Waals surface area contributed by atoms with Gasteiger partial charge in [-0.05, 0) is 5.41 Å². The smallest absolute Gasteiger partial charge is 0.328 e. The quantitative estimate of drug-likeness (QED) is 0.494. The van der Waals surface area contributed by atoms with E-state index >= 15 is 0 Å². The number of hydrogen-bond acceptors (Lipinski definition) is 2. The molecular weight excluding hydrogens is 154 g/mol. The number of aliphatic carboxylic acids is 1. The van der Waals surface area contributed by atoms with Gasteiger partial charge in [-0.3, -0.25) is 0 Å². The summed E-state index contributed by atoms with van der Waals surface area (Å²) in [5.41, 5.74) is 0.247. The van der Waals surface area contributed by atoms with E-state index in [4.69, 9.17) is 5.11 Å². The van der Waals surface area contributed by atoms with Crippen molar-refractivity contribution in [3.63, 3.8) is 0 Å². The molecule has 0 saturated heterocycles. The Morgan fingerprint density at radius 3 is 2.50 bits per heavy atom. The Morgan fingerprint density at radius 1 is 1.50 bits per heavy atom. The van der Waals surface area contributed by atoms with Gasteiger partial charge in [0.1, 0.15) is 0 Å². The van der Waals surface area contributed by atoms with Crippen LogP contribution in [0.1, 0.15) is 20.8 Å². The van der Waals surface area contributed by atoms with Gasteiger partial charge in [0.2, 0.25) is 0 Å². The van der Waals surface area contributed by atoms with Crippen molar-refractivity contribution in [1.82, 2.24) is 5.32 Å². The van der Waals surface area contributed by atoms with Crippen LogP contribution in [0.25, 0.3) is 0 Å². The predicted molar refractivity (Wildman–Crippen MR) is 49.1 cm³/mol. The lowest BCUT2D eigenvalue weighted by Gasteiger charge is -2.17. The summed E-state index contributed by atoms with van der Waals surface area (Å²) in [7, 11) is 0. The molecule has 0 rings (SSSR count). The van der Waals surface area contributed by atoms with Crippen molar-refractivity contribution in [2.24, 2.45) is 5.41 Å². The Kier molecular flexibility index (Phi) is 4.59. The van der Waals surface area contributed by atoms with Crippen LogP contribution in [-0.4, -0.2) is 24.2 Å². The lowest BCUT2D eigenvalue weighted by Crippen LogP contribution is -2.26. The zero-order valence-electron chi connectivity index (χ0n) is 7.92. The number of carbonyl (C=O) groups is 1. The molecule has 0 aromatic carbocycles. The van der Waals surface area contributed by atoms with E-state index in [0.717, 1.165) is 12.6 Å². The minimum absolute atomic E-state index is 0.247. The Bertz CT molecular complexity index is 168. The molecule has 70 valence electrons. The third-order valence-electron chi connectivity index (χ3n) is 1.18. The van der Waals surface area contributed by atoms with Crippen molar-refractivity contribution < 1.29 is 9.90 Å². The van der Waals surface area contributed by atoms with Crippen LogP contribution in [-0.2, 0) is 4.79 Å². The van der Waals surface area contributed by atoms with E-state index in [1.54, 1.807) is 6.08 Å².